The molecule has 8 nitrogen and oxygen atoms in total. The molecule has 0 saturated carbocycles. The van der Waals surface area contributed by atoms with Gasteiger partial charge < -0.3 is 4.57 Å². The molecule has 0 radical (unpaired) electrons. The second kappa shape index (κ2) is 10.3. The number of carbonyl (C=O) groups is 1. The van der Waals surface area contributed by atoms with Gasteiger partial charge >= 0.3 is 0 Å². The fourth-order valence-corrected chi connectivity index (χ4v) is 4.04. The standard InChI is InChI=1S/C23H18ClN5O3S/c24-18-9-5-17(6-10-18)14-28-21-4-2-1-3-20(21)26-23(28)33-15-22(30)27-25-13-16-7-11-19(12-8-16)29(31)32/h1-13H,14-15H2,(H,27,30)/b25-13+. The Labute approximate surface area is 198 Å². The molecule has 0 aliphatic rings. The molecule has 1 amide bonds. The number of benzene rings is 3. The minimum Gasteiger partial charge on any atom is -0.314 e. The Kier molecular flexibility index (Phi) is 7.01. The average molecular weight is 480 g/mol. The van der Waals surface area contributed by atoms with Gasteiger partial charge in [-0.2, -0.15) is 5.10 Å². The van der Waals surface area contributed by atoms with Gasteiger partial charge in [0, 0.05) is 17.2 Å². The topological polar surface area (TPSA) is 102 Å². The van der Waals surface area contributed by atoms with Crippen LogP contribution in [0.5, 0.6) is 0 Å². The monoisotopic (exact) mass is 479 g/mol. The van der Waals surface area contributed by atoms with Crippen LogP contribution in [0.25, 0.3) is 11.0 Å². The summed E-state index contributed by atoms with van der Waals surface area (Å²) in [5.41, 5.74) is 6.01. The van der Waals surface area contributed by atoms with Crippen molar-refractivity contribution >= 4 is 52.2 Å². The van der Waals surface area contributed by atoms with Crippen molar-refractivity contribution in [2.75, 3.05) is 5.75 Å². The summed E-state index contributed by atoms with van der Waals surface area (Å²) in [6.07, 6.45) is 1.43. The molecule has 0 spiro atoms. The lowest BCUT2D eigenvalue weighted by atomic mass is 10.2. The van der Waals surface area contributed by atoms with Crippen molar-refractivity contribution in [2.24, 2.45) is 5.10 Å². The van der Waals surface area contributed by atoms with Gasteiger partial charge in [0.2, 0.25) is 0 Å². The van der Waals surface area contributed by atoms with Crippen molar-refractivity contribution in [1.82, 2.24) is 15.0 Å². The summed E-state index contributed by atoms with van der Waals surface area (Å²) < 4.78 is 2.07. The van der Waals surface area contributed by atoms with Gasteiger partial charge in [0.05, 0.1) is 34.5 Å². The third-order valence-corrected chi connectivity index (χ3v) is 5.94. The number of nitrogens with zero attached hydrogens (tertiary/aromatic N) is 4. The van der Waals surface area contributed by atoms with E-state index in [-0.39, 0.29) is 17.3 Å². The quantitative estimate of drug-likeness (QED) is 0.168. The molecule has 166 valence electrons. The summed E-state index contributed by atoms with van der Waals surface area (Å²) >= 11 is 7.32. The summed E-state index contributed by atoms with van der Waals surface area (Å²) in [5, 5.41) is 16.0. The van der Waals surface area contributed by atoms with Gasteiger partial charge in [0.15, 0.2) is 5.16 Å². The lowest BCUT2D eigenvalue weighted by Crippen LogP contribution is -2.20. The molecule has 0 unspecified atom stereocenters. The Bertz CT molecular complexity index is 1320. The number of rotatable bonds is 8. The molecular formula is C23H18ClN5O3S. The molecule has 3 aromatic carbocycles. The van der Waals surface area contributed by atoms with Crippen molar-refractivity contribution in [3.63, 3.8) is 0 Å². The van der Waals surface area contributed by atoms with Gasteiger partial charge in [-0.05, 0) is 47.5 Å². The molecular weight excluding hydrogens is 462 g/mol. The number of hydrogen-bond donors (Lipinski definition) is 1. The molecule has 4 rings (SSSR count). The Hall–Kier alpha value is -3.69. The highest BCUT2D eigenvalue weighted by Gasteiger charge is 2.13. The molecule has 1 aromatic heterocycles. The molecule has 0 saturated heterocycles. The number of hydrogen-bond acceptors (Lipinski definition) is 6. The van der Waals surface area contributed by atoms with Crippen LogP contribution in [0.4, 0.5) is 5.69 Å². The number of amides is 1. The Morgan fingerprint density at radius 2 is 1.85 bits per heavy atom. The number of halogens is 1. The first-order chi connectivity index (χ1) is 16.0. The van der Waals surface area contributed by atoms with E-state index in [0.29, 0.717) is 17.1 Å². The SMILES string of the molecule is O=C(CSc1nc2ccccc2n1Cc1ccc(Cl)cc1)N/N=C/c1ccc([N+](=O)[O-])cc1. The van der Waals surface area contributed by atoms with Crippen molar-refractivity contribution in [3.8, 4) is 0 Å². The highest BCUT2D eigenvalue weighted by atomic mass is 35.5. The highest BCUT2D eigenvalue weighted by Crippen LogP contribution is 2.25. The second-order valence-electron chi connectivity index (χ2n) is 7.03. The lowest BCUT2D eigenvalue weighted by Gasteiger charge is -2.09. The van der Waals surface area contributed by atoms with Gasteiger partial charge in [-0.25, -0.2) is 10.4 Å². The first-order valence-corrected chi connectivity index (χ1v) is 11.2. The highest BCUT2D eigenvalue weighted by molar-refractivity contribution is 7.99. The Morgan fingerprint density at radius 3 is 2.58 bits per heavy atom. The van der Waals surface area contributed by atoms with E-state index in [0.717, 1.165) is 21.8 Å². The molecule has 4 aromatic rings. The average Bonchev–Trinajstić information content (AvgIpc) is 3.17. The molecule has 0 fully saturated rings. The number of hydrazone groups is 1. The number of nitrogens with one attached hydrogen (secondary N) is 1. The number of thioether (sulfide) groups is 1. The van der Waals surface area contributed by atoms with Crippen LogP contribution < -0.4 is 5.43 Å². The number of fused-ring (bicyclic) bond motifs is 1. The van der Waals surface area contributed by atoms with E-state index in [4.69, 9.17) is 11.6 Å². The zero-order valence-electron chi connectivity index (χ0n) is 17.2. The first kappa shape index (κ1) is 22.5. The largest absolute Gasteiger partial charge is 0.314 e. The van der Waals surface area contributed by atoms with Gasteiger partial charge in [0.1, 0.15) is 0 Å². The maximum Gasteiger partial charge on any atom is 0.269 e. The minimum atomic E-state index is -0.472. The Balaban J connectivity index is 1.41. The van der Waals surface area contributed by atoms with Crippen LogP contribution in [0.15, 0.2) is 83.1 Å². The summed E-state index contributed by atoms with van der Waals surface area (Å²) in [4.78, 5) is 27.2. The predicted octanol–water partition coefficient (Wildman–Crippen LogP) is 4.89. The van der Waals surface area contributed by atoms with Gasteiger partial charge in [0.25, 0.3) is 11.6 Å². The number of para-hydroxylation sites is 2. The number of nitro benzene ring substituents is 1. The van der Waals surface area contributed by atoms with Crippen LogP contribution in [0.2, 0.25) is 5.02 Å². The van der Waals surface area contributed by atoms with Gasteiger partial charge in [-0.1, -0.05) is 47.6 Å². The molecule has 1 N–H and O–H groups in total. The zero-order chi connectivity index (χ0) is 23.2. The molecule has 0 bridgehead atoms. The lowest BCUT2D eigenvalue weighted by molar-refractivity contribution is -0.384. The third kappa shape index (κ3) is 5.76. The maximum atomic E-state index is 12.3. The van der Waals surface area contributed by atoms with Crippen LogP contribution in [-0.2, 0) is 11.3 Å². The fourth-order valence-electron chi connectivity index (χ4n) is 3.11. The third-order valence-electron chi connectivity index (χ3n) is 4.71. The van der Waals surface area contributed by atoms with Crippen molar-refractivity contribution in [2.45, 2.75) is 11.7 Å². The summed E-state index contributed by atoms with van der Waals surface area (Å²) in [7, 11) is 0. The normalized spacial score (nSPS) is 11.2. The van der Waals surface area contributed by atoms with Crippen molar-refractivity contribution in [3.05, 3.63) is 99.1 Å². The molecule has 0 aliphatic heterocycles. The van der Waals surface area contributed by atoms with E-state index < -0.39 is 4.92 Å². The van der Waals surface area contributed by atoms with Crippen LogP contribution in [-0.4, -0.2) is 32.3 Å². The number of imidazole rings is 1. The predicted molar refractivity (Wildman–Crippen MR) is 130 cm³/mol. The fraction of sp³-hybridized carbons (Fsp3) is 0.0870. The molecule has 33 heavy (non-hydrogen) atoms. The molecule has 0 atom stereocenters. The van der Waals surface area contributed by atoms with Crippen molar-refractivity contribution < 1.29 is 9.72 Å². The van der Waals surface area contributed by atoms with E-state index in [1.54, 1.807) is 12.1 Å². The van der Waals surface area contributed by atoms with Crippen LogP contribution in [0.1, 0.15) is 11.1 Å². The second-order valence-corrected chi connectivity index (χ2v) is 8.41. The Morgan fingerprint density at radius 1 is 1.12 bits per heavy atom. The first-order valence-electron chi connectivity index (χ1n) is 9.88. The van der Waals surface area contributed by atoms with Crippen LogP contribution in [0.3, 0.4) is 0 Å². The van der Waals surface area contributed by atoms with Crippen LogP contribution >= 0.6 is 23.4 Å². The van der Waals surface area contributed by atoms with Crippen LogP contribution in [0, 0.1) is 10.1 Å². The molecule has 1 heterocycles. The van der Waals surface area contributed by atoms with E-state index in [9.17, 15) is 14.9 Å². The number of nitro groups is 1. The maximum absolute atomic E-state index is 12.3. The number of carbonyl (C=O) groups excluding carboxylic acids is 1. The number of aromatic nitrogens is 2. The van der Waals surface area contributed by atoms with E-state index in [2.05, 4.69) is 20.1 Å². The summed E-state index contributed by atoms with van der Waals surface area (Å²) in [6.45, 7) is 0.597. The van der Waals surface area contributed by atoms with E-state index >= 15 is 0 Å². The summed E-state index contributed by atoms with van der Waals surface area (Å²) in [6, 6.07) is 21.3. The minimum absolute atomic E-state index is 0.00549. The molecule has 0 aliphatic carbocycles. The molecule has 10 heteroatoms. The number of non-ortho nitro benzene ring substituents is 1. The smallest absolute Gasteiger partial charge is 0.269 e. The van der Waals surface area contributed by atoms with Gasteiger partial charge in [-0.3, -0.25) is 14.9 Å². The van der Waals surface area contributed by atoms with E-state index in [1.165, 1.54) is 30.1 Å². The van der Waals surface area contributed by atoms with E-state index in [1.807, 2.05) is 48.5 Å². The zero-order valence-corrected chi connectivity index (χ0v) is 18.8. The summed E-state index contributed by atoms with van der Waals surface area (Å²) in [5.74, 6) is -0.162. The van der Waals surface area contributed by atoms with Gasteiger partial charge in [-0.15, -0.1) is 0 Å². The van der Waals surface area contributed by atoms with Crippen molar-refractivity contribution in [1.29, 1.82) is 0 Å².